The number of carboxylic acids is 1. The average Bonchev–Trinajstić information content (AvgIpc) is 2.32. The normalized spacial score (nSPS) is 10.3. The first-order valence-electron chi connectivity index (χ1n) is 5.13. The summed E-state index contributed by atoms with van der Waals surface area (Å²) in [4.78, 5) is 21.8. The number of rotatable bonds is 2. The molecule has 0 bridgehead atoms. The van der Waals surface area contributed by atoms with E-state index in [2.05, 4.69) is 15.9 Å². The molecule has 0 aliphatic carbocycles. The van der Waals surface area contributed by atoms with Crippen LogP contribution < -0.4 is 4.74 Å². The second-order valence-corrected chi connectivity index (χ2v) is 4.51. The lowest BCUT2D eigenvalue weighted by molar-refractivity contribution is -0.131. The number of aromatic carboxylic acids is 1. The largest absolute Gasteiger partial charge is 0.478 e. The maximum Gasteiger partial charge on any atom is 0.335 e. The summed E-state index contributed by atoms with van der Waals surface area (Å²) >= 11 is 3.35. The van der Waals surface area contributed by atoms with Crippen LogP contribution in [0.2, 0.25) is 0 Å². The maximum atomic E-state index is 10.9. The van der Waals surface area contributed by atoms with Gasteiger partial charge in [-0.3, -0.25) is 4.79 Å². The first kappa shape index (κ1) is 12.6. The number of hydrogen-bond donors (Lipinski definition) is 1. The Morgan fingerprint density at radius 3 is 2.56 bits per heavy atom. The number of carboxylic acid groups (broad SMARTS) is 1. The first-order chi connectivity index (χ1) is 8.49. The molecule has 0 radical (unpaired) electrons. The number of halogens is 1. The van der Waals surface area contributed by atoms with Gasteiger partial charge in [0.2, 0.25) is 0 Å². The van der Waals surface area contributed by atoms with Crippen molar-refractivity contribution in [3.05, 3.63) is 40.4 Å². The summed E-state index contributed by atoms with van der Waals surface area (Å²) in [5.41, 5.74) is 0.217. The molecule has 0 saturated carbocycles. The highest BCUT2D eigenvalue weighted by atomic mass is 79.9. The van der Waals surface area contributed by atoms with E-state index in [0.29, 0.717) is 10.2 Å². The summed E-state index contributed by atoms with van der Waals surface area (Å²) in [5, 5.41) is 10.5. The summed E-state index contributed by atoms with van der Waals surface area (Å²) in [6, 6.07) is 8.09. The van der Waals surface area contributed by atoms with Crippen molar-refractivity contribution in [2.45, 2.75) is 6.92 Å². The van der Waals surface area contributed by atoms with Gasteiger partial charge in [0.25, 0.3) is 0 Å². The second-order valence-electron chi connectivity index (χ2n) is 3.71. The van der Waals surface area contributed by atoms with Crippen LogP contribution >= 0.6 is 15.9 Å². The number of ether oxygens (including phenoxy) is 1. The predicted molar refractivity (Wildman–Crippen MR) is 69.9 cm³/mol. The zero-order valence-electron chi connectivity index (χ0n) is 9.44. The molecular formula is C13H9BrO4. The van der Waals surface area contributed by atoms with E-state index >= 15 is 0 Å². The summed E-state index contributed by atoms with van der Waals surface area (Å²) in [6.45, 7) is 1.32. The van der Waals surface area contributed by atoms with E-state index in [1.807, 2.05) is 0 Å². The molecule has 0 aliphatic heterocycles. The monoisotopic (exact) mass is 308 g/mol. The van der Waals surface area contributed by atoms with Crippen LogP contribution in [0.1, 0.15) is 17.3 Å². The Labute approximate surface area is 111 Å². The molecule has 2 rings (SSSR count). The molecule has 0 heterocycles. The smallest absolute Gasteiger partial charge is 0.335 e. The molecule has 0 spiro atoms. The Kier molecular flexibility index (Phi) is 3.34. The minimum Gasteiger partial charge on any atom is -0.478 e. The van der Waals surface area contributed by atoms with Gasteiger partial charge in [-0.05, 0) is 44.9 Å². The number of esters is 1. The second kappa shape index (κ2) is 4.78. The van der Waals surface area contributed by atoms with Crippen molar-refractivity contribution < 1.29 is 19.4 Å². The first-order valence-corrected chi connectivity index (χ1v) is 5.92. The summed E-state index contributed by atoms with van der Waals surface area (Å²) < 4.78 is 5.66. The molecule has 0 amide bonds. The minimum absolute atomic E-state index is 0.217. The highest BCUT2D eigenvalue weighted by Crippen LogP contribution is 2.33. The number of benzene rings is 2. The van der Waals surface area contributed by atoms with Crippen molar-refractivity contribution in [2.24, 2.45) is 0 Å². The van der Waals surface area contributed by atoms with Crippen LogP contribution in [0.4, 0.5) is 0 Å². The van der Waals surface area contributed by atoms with Crippen LogP contribution in [0.25, 0.3) is 10.8 Å². The van der Waals surface area contributed by atoms with Crippen molar-refractivity contribution in [3.63, 3.8) is 0 Å². The van der Waals surface area contributed by atoms with Gasteiger partial charge >= 0.3 is 11.9 Å². The quantitative estimate of drug-likeness (QED) is 0.683. The van der Waals surface area contributed by atoms with Gasteiger partial charge in [0.1, 0.15) is 5.75 Å². The van der Waals surface area contributed by atoms with E-state index in [4.69, 9.17) is 9.84 Å². The van der Waals surface area contributed by atoms with E-state index in [0.717, 1.165) is 10.8 Å². The number of carbonyl (C=O) groups is 2. The van der Waals surface area contributed by atoms with Gasteiger partial charge in [-0.25, -0.2) is 4.79 Å². The Morgan fingerprint density at radius 2 is 1.94 bits per heavy atom. The fourth-order valence-electron chi connectivity index (χ4n) is 1.64. The van der Waals surface area contributed by atoms with Crippen LogP contribution in [-0.4, -0.2) is 17.0 Å². The molecule has 0 unspecified atom stereocenters. The molecule has 4 nitrogen and oxygen atoms in total. The van der Waals surface area contributed by atoms with Crippen molar-refractivity contribution >= 4 is 38.6 Å². The third kappa shape index (κ3) is 2.36. The van der Waals surface area contributed by atoms with Crippen LogP contribution in [0.3, 0.4) is 0 Å². The lowest BCUT2D eigenvalue weighted by Gasteiger charge is -2.08. The van der Waals surface area contributed by atoms with Crippen molar-refractivity contribution in [2.75, 3.05) is 0 Å². The fourth-order valence-corrected chi connectivity index (χ4v) is 2.21. The molecule has 0 saturated heterocycles. The lowest BCUT2D eigenvalue weighted by Crippen LogP contribution is -2.02. The molecule has 18 heavy (non-hydrogen) atoms. The standard InChI is InChI=1S/C13H9BrO4/c1-7(15)18-11-5-3-8-6-9(13(16)17)2-4-10(8)12(11)14/h2-6H,1H3,(H,16,17). The molecule has 92 valence electrons. The molecule has 2 aromatic carbocycles. The number of fused-ring (bicyclic) bond motifs is 1. The Bertz CT molecular complexity index is 649. The highest BCUT2D eigenvalue weighted by Gasteiger charge is 2.10. The highest BCUT2D eigenvalue weighted by molar-refractivity contribution is 9.10. The summed E-state index contributed by atoms with van der Waals surface area (Å²) in [5.74, 6) is -0.965. The summed E-state index contributed by atoms with van der Waals surface area (Å²) in [7, 11) is 0. The molecular weight excluding hydrogens is 300 g/mol. The third-order valence-corrected chi connectivity index (χ3v) is 3.24. The zero-order valence-corrected chi connectivity index (χ0v) is 11.0. The molecule has 1 N–H and O–H groups in total. The molecule has 2 aromatic rings. The van der Waals surface area contributed by atoms with Crippen LogP contribution in [0.15, 0.2) is 34.8 Å². The van der Waals surface area contributed by atoms with E-state index in [1.54, 1.807) is 24.3 Å². The van der Waals surface area contributed by atoms with Gasteiger partial charge in [0.15, 0.2) is 0 Å². The predicted octanol–water partition coefficient (Wildman–Crippen LogP) is 3.23. The van der Waals surface area contributed by atoms with Crippen LogP contribution in [-0.2, 0) is 4.79 Å². The van der Waals surface area contributed by atoms with E-state index < -0.39 is 11.9 Å². The minimum atomic E-state index is -0.975. The zero-order chi connectivity index (χ0) is 13.3. The van der Waals surface area contributed by atoms with E-state index in [-0.39, 0.29) is 5.56 Å². The molecule has 0 aliphatic rings. The Balaban J connectivity index is 2.58. The molecule has 0 aromatic heterocycles. The van der Waals surface area contributed by atoms with Crippen LogP contribution in [0.5, 0.6) is 5.75 Å². The third-order valence-electron chi connectivity index (χ3n) is 2.42. The van der Waals surface area contributed by atoms with E-state index in [9.17, 15) is 9.59 Å². The SMILES string of the molecule is CC(=O)Oc1ccc2cc(C(=O)O)ccc2c1Br. The molecule has 5 heteroatoms. The van der Waals surface area contributed by atoms with Gasteiger partial charge in [-0.15, -0.1) is 0 Å². The number of carbonyl (C=O) groups excluding carboxylic acids is 1. The number of hydrogen-bond acceptors (Lipinski definition) is 3. The maximum absolute atomic E-state index is 10.9. The molecule has 0 fully saturated rings. The lowest BCUT2D eigenvalue weighted by atomic mass is 10.1. The van der Waals surface area contributed by atoms with Gasteiger partial charge in [-0.2, -0.15) is 0 Å². The van der Waals surface area contributed by atoms with Gasteiger partial charge in [0.05, 0.1) is 10.0 Å². The van der Waals surface area contributed by atoms with Gasteiger partial charge in [0, 0.05) is 6.92 Å². The fraction of sp³-hybridized carbons (Fsp3) is 0.0769. The average molecular weight is 309 g/mol. The van der Waals surface area contributed by atoms with Crippen LogP contribution in [0, 0.1) is 0 Å². The summed E-state index contributed by atoms with van der Waals surface area (Å²) in [6.07, 6.45) is 0. The van der Waals surface area contributed by atoms with Crippen molar-refractivity contribution in [1.82, 2.24) is 0 Å². The van der Waals surface area contributed by atoms with Gasteiger partial charge < -0.3 is 9.84 Å². The van der Waals surface area contributed by atoms with Gasteiger partial charge in [-0.1, -0.05) is 12.1 Å². The Hall–Kier alpha value is -1.88. The van der Waals surface area contributed by atoms with Crippen molar-refractivity contribution in [1.29, 1.82) is 0 Å². The topological polar surface area (TPSA) is 63.6 Å². The van der Waals surface area contributed by atoms with E-state index in [1.165, 1.54) is 13.0 Å². The molecule has 0 atom stereocenters. The Morgan fingerprint density at radius 1 is 1.22 bits per heavy atom. The van der Waals surface area contributed by atoms with Crippen molar-refractivity contribution in [3.8, 4) is 5.75 Å².